The van der Waals surface area contributed by atoms with Gasteiger partial charge in [-0.2, -0.15) is 0 Å². The highest BCUT2D eigenvalue weighted by atomic mass is 35.5. The van der Waals surface area contributed by atoms with Gasteiger partial charge in [-0.1, -0.05) is 59.6 Å². The van der Waals surface area contributed by atoms with Gasteiger partial charge < -0.3 is 5.32 Å². The minimum Gasteiger partial charge on any atom is -0.353 e. The van der Waals surface area contributed by atoms with E-state index in [1.54, 1.807) is 24.3 Å². The van der Waals surface area contributed by atoms with Crippen LogP contribution in [0.3, 0.4) is 0 Å². The van der Waals surface area contributed by atoms with Crippen LogP contribution in [0.5, 0.6) is 0 Å². The van der Waals surface area contributed by atoms with Gasteiger partial charge >= 0.3 is 0 Å². The van der Waals surface area contributed by atoms with Gasteiger partial charge in [0.2, 0.25) is 5.91 Å². The van der Waals surface area contributed by atoms with Gasteiger partial charge in [0, 0.05) is 22.7 Å². The zero-order valence-electron chi connectivity index (χ0n) is 12.1. The van der Waals surface area contributed by atoms with Crippen molar-refractivity contribution in [2.24, 2.45) is 0 Å². The second-order valence-electron chi connectivity index (χ2n) is 4.88. The fourth-order valence-electron chi connectivity index (χ4n) is 2.01. The molecule has 22 heavy (non-hydrogen) atoms. The zero-order chi connectivity index (χ0) is 15.8. The van der Waals surface area contributed by atoms with Crippen LogP contribution in [0.15, 0.2) is 54.6 Å². The minimum absolute atomic E-state index is 0.126. The van der Waals surface area contributed by atoms with Gasteiger partial charge in [-0.25, -0.2) is 0 Å². The molecule has 2 aromatic carbocycles. The van der Waals surface area contributed by atoms with Crippen LogP contribution in [-0.4, -0.2) is 12.5 Å². The van der Waals surface area contributed by atoms with Gasteiger partial charge in [-0.15, -0.1) is 0 Å². The molecule has 0 fully saturated rings. The largest absolute Gasteiger partial charge is 0.353 e. The van der Waals surface area contributed by atoms with Gasteiger partial charge in [0.25, 0.3) is 0 Å². The fourth-order valence-corrected chi connectivity index (χ4v) is 2.48. The quantitative estimate of drug-likeness (QED) is 0.599. The second kappa shape index (κ2) is 8.62. The first-order valence-electron chi connectivity index (χ1n) is 7.10. The van der Waals surface area contributed by atoms with Crippen molar-refractivity contribution < 1.29 is 4.79 Å². The second-order valence-corrected chi connectivity index (χ2v) is 5.72. The highest BCUT2D eigenvalue weighted by Gasteiger charge is 1.99. The molecule has 0 radical (unpaired) electrons. The van der Waals surface area contributed by atoms with Crippen molar-refractivity contribution in [3.05, 3.63) is 75.8 Å². The van der Waals surface area contributed by atoms with Crippen molar-refractivity contribution in [3.63, 3.8) is 0 Å². The summed E-state index contributed by atoms with van der Waals surface area (Å²) in [6.45, 7) is 0.645. The number of aryl methyl sites for hydroxylation is 1. The normalized spacial score (nSPS) is 10.8. The SMILES string of the molecule is O=C(C=Cc1ccc(Cl)cc1Cl)NCCCc1ccccc1. The van der Waals surface area contributed by atoms with Crippen LogP contribution in [0.2, 0.25) is 10.0 Å². The number of nitrogens with one attached hydrogen (secondary N) is 1. The van der Waals surface area contributed by atoms with Crippen LogP contribution in [-0.2, 0) is 11.2 Å². The Kier molecular flexibility index (Phi) is 6.50. The fraction of sp³-hybridized carbons (Fsp3) is 0.167. The first kappa shape index (κ1) is 16.6. The van der Waals surface area contributed by atoms with Gasteiger partial charge in [0.1, 0.15) is 0 Å². The molecule has 0 aliphatic carbocycles. The van der Waals surface area contributed by atoms with E-state index in [1.807, 2.05) is 18.2 Å². The lowest BCUT2D eigenvalue weighted by Crippen LogP contribution is -2.22. The number of benzene rings is 2. The third-order valence-electron chi connectivity index (χ3n) is 3.16. The molecule has 1 amide bonds. The summed E-state index contributed by atoms with van der Waals surface area (Å²) in [7, 11) is 0. The van der Waals surface area contributed by atoms with Crippen LogP contribution >= 0.6 is 23.2 Å². The summed E-state index contributed by atoms with van der Waals surface area (Å²) >= 11 is 11.9. The topological polar surface area (TPSA) is 29.1 Å². The average Bonchev–Trinajstić information content (AvgIpc) is 2.52. The molecule has 0 atom stereocenters. The average molecular weight is 334 g/mol. The number of halogens is 2. The number of carbonyl (C=O) groups is 1. The Morgan fingerprint density at radius 1 is 1.09 bits per heavy atom. The molecule has 0 saturated heterocycles. The number of carbonyl (C=O) groups excluding carboxylic acids is 1. The number of rotatable bonds is 6. The standard InChI is InChI=1S/C18H17Cl2NO/c19-16-10-8-15(17(20)13-16)9-11-18(22)21-12-4-7-14-5-2-1-3-6-14/h1-3,5-6,8-11,13H,4,7,12H2,(H,21,22). The molecule has 0 aliphatic rings. The summed E-state index contributed by atoms with van der Waals surface area (Å²) in [4.78, 5) is 11.7. The minimum atomic E-state index is -0.126. The van der Waals surface area contributed by atoms with E-state index in [0.717, 1.165) is 18.4 Å². The lowest BCUT2D eigenvalue weighted by Gasteiger charge is -2.03. The van der Waals surface area contributed by atoms with Crippen molar-refractivity contribution in [2.75, 3.05) is 6.54 Å². The summed E-state index contributed by atoms with van der Waals surface area (Å²) in [5, 5.41) is 3.96. The predicted octanol–water partition coefficient (Wildman–Crippen LogP) is 4.76. The van der Waals surface area contributed by atoms with Crippen LogP contribution in [0.1, 0.15) is 17.5 Å². The zero-order valence-corrected chi connectivity index (χ0v) is 13.6. The molecule has 0 unspecified atom stereocenters. The lowest BCUT2D eigenvalue weighted by molar-refractivity contribution is -0.116. The van der Waals surface area contributed by atoms with Crippen molar-refractivity contribution in [1.29, 1.82) is 0 Å². The molecule has 0 heterocycles. The van der Waals surface area contributed by atoms with E-state index in [0.29, 0.717) is 16.6 Å². The maximum Gasteiger partial charge on any atom is 0.244 e. The Morgan fingerprint density at radius 2 is 1.86 bits per heavy atom. The molecule has 0 bridgehead atoms. The molecule has 2 aromatic rings. The van der Waals surface area contributed by atoms with Gasteiger partial charge in [-0.05, 0) is 42.2 Å². The Hall–Kier alpha value is -1.77. The molecule has 0 aliphatic heterocycles. The summed E-state index contributed by atoms with van der Waals surface area (Å²) in [5.74, 6) is -0.126. The highest BCUT2D eigenvalue weighted by Crippen LogP contribution is 2.21. The molecule has 1 N–H and O–H groups in total. The molecular weight excluding hydrogens is 317 g/mol. The van der Waals surface area contributed by atoms with E-state index in [-0.39, 0.29) is 5.91 Å². The Labute approximate surface area is 140 Å². The Morgan fingerprint density at radius 3 is 2.59 bits per heavy atom. The van der Waals surface area contributed by atoms with E-state index < -0.39 is 0 Å². The van der Waals surface area contributed by atoms with E-state index in [4.69, 9.17) is 23.2 Å². The van der Waals surface area contributed by atoms with Crippen LogP contribution in [0.4, 0.5) is 0 Å². The molecular formula is C18H17Cl2NO. The first-order chi connectivity index (χ1) is 10.6. The van der Waals surface area contributed by atoms with E-state index in [2.05, 4.69) is 17.4 Å². The van der Waals surface area contributed by atoms with E-state index in [9.17, 15) is 4.79 Å². The summed E-state index contributed by atoms with van der Waals surface area (Å²) < 4.78 is 0. The molecule has 0 spiro atoms. The molecule has 0 saturated carbocycles. The Bertz CT molecular complexity index is 653. The third kappa shape index (κ3) is 5.55. The third-order valence-corrected chi connectivity index (χ3v) is 3.72. The lowest BCUT2D eigenvalue weighted by atomic mass is 10.1. The Balaban J connectivity index is 1.74. The van der Waals surface area contributed by atoms with E-state index in [1.165, 1.54) is 11.6 Å². The van der Waals surface area contributed by atoms with Crippen molar-refractivity contribution in [1.82, 2.24) is 5.32 Å². The van der Waals surface area contributed by atoms with E-state index >= 15 is 0 Å². The molecule has 0 aromatic heterocycles. The first-order valence-corrected chi connectivity index (χ1v) is 7.85. The highest BCUT2D eigenvalue weighted by molar-refractivity contribution is 6.35. The number of hydrogen-bond donors (Lipinski definition) is 1. The summed E-state index contributed by atoms with van der Waals surface area (Å²) in [5.41, 5.74) is 2.05. The molecule has 2 nitrogen and oxygen atoms in total. The maximum atomic E-state index is 11.7. The van der Waals surface area contributed by atoms with Crippen LogP contribution in [0.25, 0.3) is 6.08 Å². The monoisotopic (exact) mass is 333 g/mol. The predicted molar refractivity (Wildman–Crippen MR) is 93.3 cm³/mol. The maximum absolute atomic E-state index is 11.7. The smallest absolute Gasteiger partial charge is 0.244 e. The number of amides is 1. The number of hydrogen-bond acceptors (Lipinski definition) is 1. The molecule has 114 valence electrons. The van der Waals surface area contributed by atoms with Gasteiger partial charge in [-0.3, -0.25) is 4.79 Å². The van der Waals surface area contributed by atoms with Gasteiger partial charge in [0.15, 0.2) is 0 Å². The van der Waals surface area contributed by atoms with Crippen molar-refractivity contribution >= 4 is 35.2 Å². The van der Waals surface area contributed by atoms with Crippen LogP contribution < -0.4 is 5.32 Å². The molecule has 2 rings (SSSR count). The van der Waals surface area contributed by atoms with Crippen molar-refractivity contribution in [3.8, 4) is 0 Å². The van der Waals surface area contributed by atoms with Gasteiger partial charge in [0.05, 0.1) is 0 Å². The summed E-state index contributed by atoms with van der Waals surface area (Å²) in [6, 6.07) is 15.4. The van der Waals surface area contributed by atoms with Crippen LogP contribution in [0, 0.1) is 0 Å². The summed E-state index contributed by atoms with van der Waals surface area (Å²) in [6.07, 6.45) is 5.03. The van der Waals surface area contributed by atoms with Crippen molar-refractivity contribution in [2.45, 2.75) is 12.8 Å². The molecule has 4 heteroatoms.